The van der Waals surface area contributed by atoms with Crippen molar-refractivity contribution < 1.29 is 19.1 Å². The Kier molecular flexibility index (Phi) is 5.65. The summed E-state index contributed by atoms with van der Waals surface area (Å²) in [6.07, 6.45) is 1.21. The van der Waals surface area contributed by atoms with Gasteiger partial charge in [-0.2, -0.15) is 0 Å². The highest BCUT2D eigenvalue weighted by Crippen LogP contribution is 2.28. The minimum atomic E-state index is -0.685. The van der Waals surface area contributed by atoms with Crippen molar-refractivity contribution in [3.8, 4) is 0 Å². The third-order valence-electron chi connectivity index (χ3n) is 3.97. The molecule has 142 valence electrons. The zero-order chi connectivity index (χ0) is 19.4. The molecule has 3 rings (SSSR count). The van der Waals surface area contributed by atoms with Crippen molar-refractivity contribution in [3.05, 3.63) is 70.1 Å². The van der Waals surface area contributed by atoms with Gasteiger partial charge in [0.15, 0.2) is 0 Å². The van der Waals surface area contributed by atoms with Gasteiger partial charge in [0.1, 0.15) is 24.0 Å². The fourth-order valence-corrected chi connectivity index (χ4v) is 3.43. The summed E-state index contributed by atoms with van der Waals surface area (Å²) in [6, 6.07) is 13.1. The van der Waals surface area contributed by atoms with Gasteiger partial charge < -0.3 is 9.47 Å². The number of amides is 2. The Balaban J connectivity index is 1.81. The molecule has 0 N–H and O–H groups in total. The van der Waals surface area contributed by atoms with E-state index < -0.39 is 23.6 Å². The van der Waals surface area contributed by atoms with Gasteiger partial charge in [-0.25, -0.2) is 9.69 Å². The van der Waals surface area contributed by atoms with Crippen LogP contribution in [0.3, 0.4) is 0 Å². The summed E-state index contributed by atoms with van der Waals surface area (Å²) in [5, 5.41) is 1.97. The maximum Gasteiger partial charge on any atom is 0.418 e. The van der Waals surface area contributed by atoms with Crippen LogP contribution in [-0.4, -0.2) is 28.5 Å². The minimum Gasteiger partial charge on any atom is -0.490 e. The van der Waals surface area contributed by atoms with Crippen molar-refractivity contribution in [1.82, 2.24) is 4.90 Å². The van der Waals surface area contributed by atoms with E-state index in [-0.39, 0.29) is 0 Å². The number of benzene rings is 1. The highest BCUT2D eigenvalue weighted by Gasteiger charge is 2.41. The molecule has 27 heavy (non-hydrogen) atoms. The Bertz CT molecular complexity index is 822. The SMILES string of the molecule is CC(C)(C)OC(=O)N1C(=O)C=C(OCc2cccs2)C1Cc1ccccc1. The second-order valence-corrected chi connectivity index (χ2v) is 8.34. The van der Waals surface area contributed by atoms with E-state index in [2.05, 4.69) is 0 Å². The number of imide groups is 1. The fourth-order valence-electron chi connectivity index (χ4n) is 2.81. The first kappa shape index (κ1) is 19.2. The monoisotopic (exact) mass is 385 g/mol. The summed E-state index contributed by atoms with van der Waals surface area (Å²) in [6.45, 7) is 5.70. The van der Waals surface area contributed by atoms with Crippen molar-refractivity contribution in [2.24, 2.45) is 0 Å². The molecule has 0 saturated carbocycles. The molecule has 0 bridgehead atoms. The summed E-state index contributed by atoms with van der Waals surface area (Å²) in [7, 11) is 0. The molecular weight excluding hydrogens is 362 g/mol. The molecule has 2 heterocycles. The van der Waals surface area contributed by atoms with Gasteiger partial charge in [-0.15, -0.1) is 11.3 Å². The van der Waals surface area contributed by atoms with E-state index >= 15 is 0 Å². The number of hydrogen-bond donors (Lipinski definition) is 0. The van der Waals surface area contributed by atoms with Crippen LogP contribution in [-0.2, 0) is 27.3 Å². The number of rotatable bonds is 5. The summed E-state index contributed by atoms with van der Waals surface area (Å²) < 4.78 is 11.4. The summed E-state index contributed by atoms with van der Waals surface area (Å²) >= 11 is 1.58. The average molecular weight is 385 g/mol. The number of ether oxygens (including phenoxy) is 2. The van der Waals surface area contributed by atoms with E-state index in [1.807, 2.05) is 47.8 Å². The molecule has 6 heteroatoms. The van der Waals surface area contributed by atoms with Gasteiger partial charge in [-0.05, 0) is 37.8 Å². The molecule has 1 aliphatic rings. The lowest BCUT2D eigenvalue weighted by Crippen LogP contribution is -2.44. The molecule has 0 saturated heterocycles. The van der Waals surface area contributed by atoms with Crippen molar-refractivity contribution >= 4 is 23.3 Å². The molecule has 0 aliphatic carbocycles. The van der Waals surface area contributed by atoms with Gasteiger partial charge in [-0.1, -0.05) is 36.4 Å². The van der Waals surface area contributed by atoms with Gasteiger partial charge >= 0.3 is 6.09 Å². The first-order valence-electron chi connectivity index (χ1n) is 8.80. The van der Waals surface area contributed by atoms with E-state index in [1.54, 1.807) is 32.1 Å². The lowest BCUT2D eigenvalue weighted by Gasteiger charge is -2.28. The van der Waals surface area contributed by atoms with E-state index in [1.165, 1.54) is 6.08 Å². The summed E-state index contributed by atoms with van der Waals surface area (Å²) in [4.78, 5) is 27.4. The molecule has 1 aromatic carbocycles. The Morgan fingerprint density at radius 2 is 1.89 bits per heavy atom. The highest BCUT2D eigenvalue weighted by molar-refractivity contribution is 7.09. The molecule has 2 aromatic rings. The summed E-state index contributed by atoms with van der Waals surface area (Å²) in [5.41, 5.74) is 0.325. The zero-order valence-electron chi connectivity index (χ0n) is 15.7. The quantitative estimate of drug-likeness (QED) is 0.758. The van der Waals surface area contributed by atoms with E-state index in [9.17, 15) is 9.59 Å². The molecule has 0 radical (unpaired) electrons. The van der Waals surface area contributed by atoms with Crippen LogP contribution in [0.25, 0.3) is 0 Å². The van der Waals surface area contributed by atoms with Gasteiger partial charge in [0.25, 0.3) is 5.91 Å². The van der Waals surface area contributed by atoms with Crippen molar-refractivity contribution in [3.63, 3.8) is 0 Å². The van der Waals surface area contributed by atoms with E-state index in [0.29, 0.717) is 18.8 Å². The molecule has 1 aliphatic heterocycles. The molecular formula is C21H23NO4S. The molecule has 5 nitrogen and oxygen atoms in total. The van der Waals surface area contributed by atoms with Crippen LogP contribution in [0.15, 0.2) is 59.7 Å². The average Bonchev–Trinajstić information content (AvgIpc) is 3.20. The smallest absolute Gasteiger partial charge is 0.418 e. The second-order valence-electron chi connectivity index (χ2n) is 7.31. The van der Waals surface area contributed by atoms with Crippen molar-refractivity contribution in [2.75, 3.05) is 0 Å². The van der Waals surface area contributed by atoms with Gasteiger partial charge in [0.05, 0.1) is 0 Å². The molecule has 0 spiro atoms. The van der Waals surface area contributed by atoms with Crippen LogP contribution in [0.2, 0.25) is 0 Å². The van der Waals surface area contributed by atoms with Gasteiger partial charge in [0.2, 0.25) is 0 Å². The number of thiophene rings is 1. The van der Waals surface area contributed by atoms with Crippen molar-refractivity contribution in [2.45, 2.75) is 45.4 Å². The molecule has 1 atom stereocenters. The first-order chi connectivity index (χ1) is 12.8. The normalized spacial score (nSPS) is 17.0. The number of hydrogen-bond acceptors (Lipinski definition) is 5. The van der Waals surface area contributed by atoms with E-state index in [0.717, 1.165) is 15.3 Å². The Morgan fingerprint density at radius 3 is 2.52 bits per heavy atom. The number of carbonyl (C=O) groups excluding carboxylic acids is 2. The molecule has 1 unspecified atom stereocenters. The lowest BCUT2D eigenvalue weighted by molar-refractivity contribution is -0.125. The third-order valence-corrected chi connectivity index (χ3v) is 4.82. The van der Waals surface area contributed by atoms with Gasteiger partial charge in [0, 0.05) is 17.4 Å². The van der Waals surface area contributed by atoms with Crippen LogP contribution in [0.4, 0.5) is 4.79 Å². The number of nitrogens with zero attached hydrogens (tertiary/aromatic N) is 1. The van der Waals surface area contributed by atoms with E-state index in [4.69, 9.17) is 9.47 Å². The highest BCUT2D eigenvalue weighted by atomic mass is 32.1. The second kappa shape index (κ2) is 7.96. The minimum absolute atomic E-state index is 0.365. The molecule has 1 aromatic heterocycles. The Hall–Kier alpha value is -2.60. The molecule has 2 amide bonds. The molecule has 0 fully saturated rings. The predicted molar refractivity (Wildman–Crippen MR) is 104 cm³/mol. The van der Waals surface area contributed by atoms with Gasteiger partial charge in [-0.3, -0.25) is 4.79 Å². The Morgan fingerprint density at radius 1 is 1.15 bits per heavy atom. The fraction of sp³-hybridized carbons (Fsp3) is 0.333. The maximum absolute atomic E-state index is 12.6. The predicted octanol–water partition coefficient (Wildman–Crippen LogP) is 4.54. The zero-order valence-corrected chi connectivity index (χ0v) is 16.5. The number of carbonyl (C=O) groups is 2. The van der Waals surface area contributed by atoms with Crippen molar-refractivity contribution in [1.29, 1.82) is 0 Å². The summed E-state index contributed by atoms with van der Waals surface area (Å²) in [5.74, 6) is 0.0782. The lowest BCUT2D eigenvalue weighted by atomic mass is 10.0. The van der Waals surface area contributed by atoms with Crippen LogP contribution in [0, 0.1) is 0 Å². The van der Waals surface area contributed by atoms with Crippen LogP contribution in [0.1, 0.15) is 31.2 Å². The topological polar surface area (TPSA) is 55.8 Å². The Labute approximate surface area is 163 Å². The van der Waals surface area contributed by atoms with Crippen LogP contribution in [0.5, 0.6) is 0 Å². The van der Waals surface area contributed by atoms with Crippen LogP contribution >= 0.6 is 11.3 Å². The third kappa shape index (κ3) is 4.98. The maximum atomic E-state index is 12.6. The largest absolute Gasteiger partial charge is 0.490 e. The standard InChI is InChI=1S/C21H23NO4S/c1-21(2,3)26-20(24)22-17(12-15-8-5-4-6-9-15)18(13-19(22)23)25-14-16-10-7-11-27-16/h4-11,13,17H,12,14H2,1-3H3. The first-order valence-corrected chi connectivity index (χ1v) is 9.68. The van der Waals surface area contributed by atoms with Crippen LogP contribution < -0.4 is 0 Å².